The zero-order chi connectivity index (χ0) is 18.3. The molecule has 132 valence electrons. The Bertz CT molecular complexity index is 680. The van der Waals surface area contributed by atoms with E-state index in [0.29, 0.717) is 0 Å². The van der Waals surface area contributed by atoms with Crippen molar-refractivity contribution in [1.82, 2.24) is 5.32 Å². The molecule has 0 bridgehead atoms. The molecule has 0 aliphatic carbocycles. The molecule has 2 aromatic carbocycles. The molecule has 0 heterocycles. The van der Waals surface area contributed by atoms with E-state index in [9.17, 15) is 0 Å². The summed E-state index contributed by atoms with van der Waals surface area (Å²) in [6.45, 7) is 4.10. The molecule has 0 radical (unpaired) electrons. The van der Waals surface area contributed by atoms with Crippen LogP contribution < -0.4 is 14.8 Å². The van der Waals surface area contributed by atoms with Crippen LogP contribution in [-0.4, -0.2) is 21.3 Å². The summed E-state index contributed by atoms with van der Waals surface area (Å²) in [5.41, 5.74) is 3.01. The van der Waals surface area contributed by atoms with Gasteiger partial charge in [-0.3, -0.25) is 0 Å². The highest BCUT2D eigenvalue weighted by Crippen LogP contribution is 2.38. The Hall–Kier alpha value is -2.52. The number of methoxy groups -OCH3 is 2. The van der Waals surface area contributed by atoms with Crippen molar-refractivity contribution in [2.75, 3.05) is 21.3 Å². The summed E-state index contributed by atoms with van der Waals surface area (Å²) >= 11 is 0. The first-order valence-corrected chi connectivity index (χ1v) is 8.43. The second-order valence-electron chi connectivity index (χ2n) is 5.70. The van der Waals surface area contributed by atoms with E-state index in [4.69, 9.17) is 9.47 Å². The van der Waals surface area contributed by atoms with E-state index >= 15 is 0 Å². The lowest BCUT2D eigenvalue weighted by Crippen LogP contribution is -2.42. The highest BCUT2D eigenvalue weighted by atomic mass is 16.5. The fourth-order valence-corrected chi connectivity index (χ4v) is 3.23. The number of hydrogen-bond acceptors (Lipinski definition) is 3. The predicted octanol–water partition coefficient (Wildman–Crippen LogP) is 4.69. The van der Waals surface area contributed by atoms with Crippen molar-refractivity contribution in [1.29, 1.82) is 0 Å². The summed E-state index contributed by atoms with van der Waals surface area (Å²) in [6.07, 6.45) is 6.35. The van der Waals surface area contributed by atoms with Crippen LogP contribution in [0.25, 0.3) is 0 Å². The van der Waals surface area contributed by atoms with Crippen LogP contribution in [0.3, 0.4) is 0 Å². The Labute approximate surface area is 151 Å². The molecule has 3 nitrogen and oxygen atoms in total. The summed E-state index contributed by atoms with van der Waals surface area (Å²) < 4.78 is 10.6. The first-order valence-electron chi connectivity index (χ1n) is 8.43. The van der Waals surface area contributed by atoms with Gasteiger partial charge in [0, 0.05) is 0 Å². The van der Waals surface area contributed by atoms with Crippen molar-refractivity contribution in [3.05, 3.63) is 83.5 Å². The van der Waals surface area contributed by atoms with E-state index in [1.807, 2.05) is 38.2 Å². The van der Waals surface area contributed by atoms with Crippen molar-refractivity contribution in [2.24, 2.45) is 0 Å². The third-order valence-electron chi connectivity index (χ3n) is 4.51. The molecule has 2 rings (SSSR count). The molecular weight excluding hydrogens is 310 g/mol. The van der Waals surface area contributed by atoms with Gasteiger partial charge in [0.2, 0.25) is 0 Å². The van der Waals surface area contributed by atoms with Gasteiger partial charge in [0.1, 0.15) is 11.5 Å². The van der Waals surface area contributed by atoms with Gasteiger partial charge < -0.3 is 14.8 Å². The molecule has 25 heavy (non-hydrogen) atoms. The monoisotopic (exact) mass is 337 g/mol. The number of rotatable bonds is 7. The van der Waals surface area contributed by atoms with Crippen molar-refractivity contribution in [3.8, 4) is 11.5 Å². The molecule has 0 atom stereocenters. The van der Waals surface area contributed by atoms with Gasteiger partial charge in [-0.25, -0.2) is 0 Å². The van der Waals surface area contributed by atoms with Gasteiger partial charge in [0.15, 0.2) is 0 Å². The van der Waals surface area contributed by atoms with Crippen LogP contribution in [0.1, 0.15) is 25.0 Å². The van der Waals surface area contributed by atoms with Crippen molar-refractivity contribution in [3.63, 3.8) is 0 Å². The lowest BCUT2D eigenvalue weighted by atomic mass is 9.76. The SMILES string of the molecule is C/C=C\C(=C/C)C(NC)(c1ccc(OC)cc1)c1ccc(OC)cc1. The predicted molar refractivity (Wildman–Crippen MR) is 104 cm³/mol. The number of hydrogen-bond donors (Lipinski definition) is 1. The van der Waals surface area contributed by atoms with Crippen LogP contribution in [0, 0.1) is 0 Å². The molecule has 0 aromatic heterocycles. The first-order chi connectivity index (χ1) is 12.2. The summed E-state index contributed by atoms with van der Waals surface area (Å²) in [4.78, 5) is 0. The van der Waals surface area contributed by atoms with Crippen LogP contribution >= 0.6 is 0 Å². The highest BCUT2D eigenvalue weighted by Gasteiger charge is 2.35. The maximum Gasteiger partial charge on any atom is 0.118 e. The molecule has 0 aliphatic rings. The molecule has 0 spiro atoms. The number of benzene rings is 2. The van der Waals surface area contributed by atoms with Gasteiger partial charge in [0.05, 0.1) is 19.8 Å². The number of likely N-dealkylation sites (N-methyl/N-ethyl adjacent to an activating group) is 1. The fourth-order valence-electron chi connectivity index (χ4n) is 3.23. The van der Waals surface area contributed by atoms with E-state index in [0.717, 1.165) is 22.6 Å². The molecule has 0 unspecified atom stereocenters. The molecule has 0 saturated heterocycles. The normalized spacial score (nSPS) is 12.4. The van der Waals surface area contributed by atoms with Gasteiger partial charge in [-0.2, -0.15) is 0 Å². The summed E-state index contributed by atoms with van der Waals surface area (Å²) in [6, 6.07) is 16.4. The lowest BCUT2D eigenvalue weighted by molar-refractivity contribution is 0.413. The Morgan fingerprint density at radius 3 is 1.56 bits per heavy atom. The van der Waals surface area contributed by atoms with Crippen LogP contribution in [0.15, 0.2) is 72.3 Å². The van der Waals surface area contributed by atoms with Gasteiger partial charge in [0.25, 0.3) is 0 Å². The number of ether oxygens (including phenoxy) is 2. The molecule has 0 aliphatic heterocycles. The Balaban J connectivity index is 2.70. The minimum absolute atomic E-state index is 0.459. The van der Waals surface area contributed by atoms with Crippen LogP contribution in [0.5, 0.6) is 11.5 Å². The number of nitrogens with one attached hydrogen (secondary N) is 1. The summed E-state index contributed by atoms with van der Waals surface area (Å²) in [5.74, 6) is 1.69. The van der Waals surface area contributed by atoms with Gasteiger partial charge in [-0.05, 0) is 61.9 Å². The molecule has 3 heteroatoms. The summed E-state index contributed by atoms with van der Waals surface area (Å²) in [7, 11) is 5.35. The van der Waals surface area contributed by atoms with Crippen LogP contribution in [-0.2, 0) is 5.54 Å². The van der Waals surface area contributed by atoms with Gasteiger partial charge in [-0.15, -0.1) is 0 Å². The van der Waals surface area contributed by atoms with Gasteiger partial charge >= 0.3 is 0 Å². The third kappa shape index (κ3) is 3.62. The van der Waals surface area contributed by atoms with Gasteiger partial charge in [-0.1, -0.05) is 42.5 Å². The zero-order valence-corrected chi connectivity index (χ0v) is 15.7. The van der Waals surface area contributed by atoms with Crippen molar-refractivity contribution < 1.29 is 9.47 Å². The molecule has 0 fully saturated rings. The standard InChI is InChI=1S/C22H27NO2/c1-6-8-17(7-2)22(23-3,18-9-13-20(24-4)14-10-18)19-11-15-21(25-5)16-12-19/h6-16,23H,1-5H3/b8-6-,17-7+. The van der Waals surface area contributed by atoms with E-state index in [2.05, 4.69) is 54.7 Å². The molecule has 2 aromatic rings. The third-order valence-corrected chi connectivity index (χ3v) is 4.51. The van der Waals surface area contributed by atoms with E-state index in [-0.39, 0.29) is 0 Å². The zero-order valence-electron chi connectivity index (χ0n) is 15.7. The smallest absolute Gasteiger partial charge is 0.118 e. The average molecular weight is 337 g/mol. The van der Waals surface area contributed by atoms with E-state index < -0.39 is 5.54 Å². The minimum Gasteiger partial charge on any atom is -0.497 e. The second-order valence-corrected chi connectivity index (χ2v) is 5.70. The van der Waals surface area contributed by atoms with Crippen LogP contribution in [0.4, 0.5) is 0 Å². The first kappa shape index (κ1) is 18.8. The lowest BCUT2D eigenvalue weighted by Gasteiger charge is -2.36. The average Bonchev–Trinajstić information content (AvgIpc) is 2.69. The number of allylic oxidation sites excluding steroid dienone is 2. The Morgan fingerprint density at radius 2 is 1.28 bits per heavy atom. The van der Waals surface area contributed by atoms with Crippen molar-refractivity contribution >= 4 is 0 Å². The maximum absolute atomic E-state index is 5.32. The quantitative estimate of drug-likeness (QED) is 0.744. The summed E-state index contributed by atoms with van der Waals surface area (Å²) in [5, 5.41) is 3.56. The Morgan fingerprint density at radius 1 is 0.840 bits per heavy atom. The second kappa shape index (κ2) is 8.54. The van der Waals surface area contributed by atoms with Crippen molar-refractivity contribution in [2.45, 2.75) is 19.4 Å². The van der Waals surface area contributed by atoms with E-state index in [1.165, 1.54) is 5.57 Å². The molecule has 0 amide bonds. The highest BCUT2D eigenvalue weighted by molar-refractivity contribution is 5.52. The molecule has 0 saturated carbocycles. The Kier molecular flexibility index (Phi) is 6.43. The largest absolute Gasteiger partial charge is 0.497 e. The fraction of sp³-hybridized carbons (Fsp3) is 0.273. The molecule has 1 N–H and O–H groups in total. The molecular formula is C22H27NO2. The minimum atomic E-state index is -0.459. The van der Waals surface area contributed by atoms with E-state index in [1.54, 1.807) is 14.2 Å². The maximum atomic E-state index is 5.32. The van der Waals surface area contributed by atoms with Crippen LogP contribution in [0.2, 0.25) is 0 Å². The topological polar surface area (TPSA) is 30.5 Å².